The van der Waals surface area contributed by atoms with Crippen LogP contribution in [0.2, 0.25) is 0 Å². The second-order valence-electron chi connectivity index (χ2n) is 2.35. The van der Waals surface area contributed by atoms with Crippen LogP contribution in [-0.4, -0.2) is 31.1 Å². The Morgan fingerprint density at radius 2 is 2.50 bits per heavy atom. The van der Waals surface area contributed by atoms with Crippen molar-refractivity contribution >= 4 is 0 Å². The molecule has 2 N–H and O–H groups in total. The van der Waals surface area contributed by atoms with Gasteiger partial charge in [-0.25, -0.2) is 0 Å². The molecule has 0 bridgehead atoms. The number of hydrogen-bond donors (Lipinski definition) is 1. The van der Waals surface area contributed by atoms with Gasteiger partial charge in [-0.15, -0.1) is 0 Å². The lowest BCUT2D eigenvalue weighted by atomic mass is 10.3. The summed E-state index contributed by atoms with van der Waals surface area (Å²) in [5.41, 5.74) is 5.09. The average molecular weight is 114 g/mol. The molecule has 1 aliphatic heterocycles. The van der Waals surface area contributed by atoms with Crippen molar-refractivity contribution in [3.63, 3.8) is 0 Å². The number of likely N-dealkylation sites (N-methyl/N-ethyl adjacent to an activating group) is 1. The number of nitrogens with zero attached hydrogens (tertiary/aromatic N) is 2. The van der Waals surface area contributed by atoms with Gasteiger partial charge in [-0.3, -0.25) is 0 Å². The van der Waals surface area contributed by atoms with Gasteiger partial charge in [0, 0.05) is 13.1 Å². The van der Waals surface area contributed by atoms with E-state index < -0.39 is 0 Å². The summed E-state index contributed by atoms with van der Waals surface area (Å²) in [7, 11) is 2.09. The first kappa shape index (κ1) is 5.69. The first-order valence-corrected chi connectivity index (χ1v) is 2.91. The summed E-state index contributed by atoms with van der Waals surface area (Å²) in [5, 5.41) is 3.70. The van der Waals surface area contributed by atoms with E-state index in [9.17, 15) is 0 Å². The molecule has 0 aromatic rings. The summed E-state index contributed by atoms with van der Waals surface area (Å²) < 4.78 is 0. The van der Waals surface area contributed by atoms with Crippen LogP contribution in [0.1, 0.15) is 6.42 Å². The molecule has 46 valence electrons. The van der Waals surface area contributed by atoms with Crippen molar-refractivity contribution in [1.82, 2.24) is 4.90 Å². The predicted octanol–water partition coefficient (Wildman–Crippen LogP) is -1.10. The number of rotatable bonds is 1. The standard InChI is InChI=1S/C5H11N3/c1-8-3-2-5(4-8)7-6/h5-6H,2-4H2,1H3/p+1. The molecule has 1 rings (SSSR count). The normalized spacial score (nSPS) is 30.9. The van der Waals surface area contributed by atoms with Gasteiger partial charge in [0.25, 0.3) is 0 Å². The summed E-state index contributed by atoms with van der Waals surface area (Å²) >= 11 is 0. The van der Waals surface area contributed by atoms with Crippen molar-refractivity contribution in [3.05, 3.63) is 0 Å². The fourth-order valence-electron chi connectivity index (χ4n) is 1.03. The molecule has 3 heteroatoms. The maximum Gasteiger partial charge on any atom is 0.126 e. The Labute approximate surface area is 49.2 Å². The van der Waals surface area contributed by atoms with E-state index in [-0.39, 0.29) is 0 Å². The minimum absolute atomic E-state index is 0.403. The fraction of sp³-hybridized carbons (Fsp3) is 1.00. The first-order chi connectivity index (χ1) is 3.83. The molecule has 1 saturated heterocycles. The maximum atomic E-state index is 5.09. The van der Waals surface area contributed by atoms with Crippen molar-refractivity contribution in [2.24, 2.45) is 5.11 Å². The van der Waals surface area contributed by atoms with Crippen LogP contribution in [0.15, 0.2) is 5.11 Å². The maximum absolute atomic E-state index is 5.09. The Morgan fingerprint density at radius 3 is 2.75 bits per heavy atom. The van der Waals surface area contributed by atoms with Crippen molar-refractivity contribution in [2.75, 3.05) is 20.1 Å². The molecule has 0 spiro atoms. The van der Waals surface area contributed by atoms with E-state index in [1.807, 2.05) is 0 Å². The molecule has 0 aromatic heterocycles. The second kappa shape index (κ2) is 2.22. The first-order valence-electron chi connectivity index (χ1n) is 2.91. The zero-order valence-electron chi connectivity index (χ0n) is 5.17. The molecule has 0 aromatic carbocycles. The zero-order chi connectivity index (χ0) is 5.98. The van der Waals surface area contributed by atoms with Gasteiger partial charge >= 0.3 is 0 Å². The summed E-state index contributed by atoms with van der Waals surface area (Å²) in [6.07, 6.45) is 1.13. The largest absolute Gasteiger partial charge is 0.304 e. The molecule has 0 saturated carbocycles. The number of hydrogen-bond acceptors (Lipinski definition) is 2. The molecular weight excluding hydrogens is 102 g/mol. The fourth-order valence-corrected chi connectivity index (χ4v) is 1.03. The van der Waals surface area contributed by atoms with Crippen LogP contribution < -0.4 is 5.53 Å². The monoisotopic (exact) mass is 114 g/mol. The highest BCUT2D eigenvalue weighted by atomic mass is 15.2. The minimum atomic E-state index is 0.403. The molecule has 0 aliphatic carbocycles. The van der Waals surface area contributed by atoms with Gasteiger partial charge in [-0.1, -0.05) is 0 Å². The van der Waals surface area contributed by atoms with E-state index in [0.717, 1.165) is 19.5 Å². The third-order valence-corrected chi connectivity index (χ3v) is 1.58. The van der Waals surface area contributed by atoms with E-state index in [1.54, 1.807) is 0 Å². The number of nitrogens with two attached hydrogens (primary N) is 1. The van der Waals surface area contributed by atoms with Gasteiger partial charge in [0.15, 0.2) is 0 Å². The van der Waals surface area contributed by atoms with E-state index in [1.165, 1.54) is 0 Å². The molecule has 1 aliphatic rings. The molecule has 8 heavy (non-hydrogen) atoms. The Hall–Kier alpha value is -0.440. The van der Waals surface area contributed by atoms with Gasteiger partial charge < -0.3 is 4.90 Å². The highest BCUT2D eigenvalue weighted by Crippen LogP contribution is 2.07. The third-order valence-electron chi connectivity index (χ3n) is 1.58. The molecular formula is C5H12N3+. The lowest BCUT2D eigenvalue weighted by molar-refractivity contribution is -0.228. The van der Waals surface area contributed by atoms with Crippen molar-refractivity contribution in [3.8, 4) is 0 Å². The van der Waals surface area contributed by atoms with E-state index in [2.05, 4.69) is 17.1 Å². The molecule has 1 atom stereocenters. The average Bonchev–Trinajstić information content (AvgIpc) is 2.14. The summed E-state index contributed by atoms with van der Waals surface area (Å²) in [6, 6.07) is 0.403. The molecule has 1 heterocycles. The SMILES string of the molecule is CN1CCC(N=[NH2+])C1. The summed E-state index contributed by atoms with van der Waals surface area (Å²) in [5.74, 6) is 0. The lowest BCUT2D eigenvalue weighted by Gasteiger charge is -2.02. The highest BCUT2D eigenvalue weighted by Gasteiger charge is 2.19. The van der Waals surface area contributed by atoms with Crippen molar-refractivity contribution in [1.29, 1.82) is 0 Å². The molecule has 1 unspecified atom stereocenters. The zero-order valence-corrected chi connectivity index (χ0v) is 5.17. The van der Waals surface area contributed by atoms with E-state index in [4.69, 9.17) is 5.53 Å². The molecule has 0 radical (unpaired) electrons. The van der Waals surface area contributed by atoms with Crippen molar-refractivity contribution in [2.45, 2.75) is 12.5 Å². The van der Waals surface area contributed by atoms with Crippen LogP contribution in [0.25, 0.3) is 0 Å². The summed E-state index contributed by atoms with van der Waals surface area (Å²) in [6.45, 7) is 2.18. The Bertz CT molecular complexity index is 91.7. The summed E-state index contributed by atoms with van der Waals surface area (Å²) in [4.78, 5) is 2.24. The lowest BCUT2D eigenvalue weighted by Crippen LogP contribution is -2.29. The van der Waals surface area contributed by atoms with Crippen LogP contribution in [0.3, 0.4) is 0 Å². The number of likely N-dealkylation sites (tertiary alicyclic amines) is 1. The van der Waals surface area contributed by atoms with E-state index in [0.29, 0.717) is 6.04 Å². The van der Waals surface area contributed by atoms with Gasteiger partial charge in [-0.05, 0) is 18.6 Å². The Balaban J connectivity index is 2.32. The second-order valence-corrected chi connectivity index (χ2v) is 2.35. The van der Waals surface area contributed by atoms with Crippen LogP contribution in [0.4, 0.5) is 0 Å². The van der Waals surface area contributed by atoms with Crippen LogP contribution in [-0.2, 0) is 0 Å². The van der Waals surface area contributed by atoms with Crippen LogP contribution in [0, 0.1) is 0 Å². The minimum Gasteiger partial charge on any atom is -0.304 e. The smallest absolute Gasteiger partial charge is 0.126 e. The molecule has 1 fully saturated rings. The van der Waals surface area contributed by atoms with Crippen molar-refractivity contribution < 1.29 is 5.53 Å². The third kappa shape index (κ3) is 1.04. The Morgan fingerprint density at radius 1 is 1.75 bits per heavy atom. The Kier molecular flexibility index (Phi) is 1.58. The van der Waals surface area contributed by atoms with E-state index >= 15 is 0 Å². The topological polar surface area (TPSA) is 41.2 Å². The predicted molar refractivity (Wildman–Crippen MR) is 30.3 cm³/mol. The van der Waals surface area contributed by atoms with Gasteiger partial charge in [0.2, 0.25) is 0 Å². The van der Waals surface area contributed by atoms with Crippen LogP contribution >= 0.6 is 0 Å². The van der Waals surface area contributed by atoms with Crippen LogP contribution in [0.5, 0.6) is 0 Å². The molecule has 0 amide bonds. The van der Waals surface area contributed by atoms with Gasteiger partial charge in [0.1, 0.15) is 6.04 Å². The van der Waals surface area contributed by atoms with Gasteiger partial charge in [-0.2, -0.15) is 5.53 Å². The molecule has 3 nitrogen and oxygen atoms in total. The highest BCUT2D eigenvalue weighted by molar-refractivity contribution is 4.75. The quantitative estimate of drug-likeness (QED) is 0.432. The van der Waals surface area contributed by atoms with Gasteiger partial charge in [0.05, 0.1) is 0 Å².